The zero-order chi connectivity index (χ0) is 18.8. The van der Waals surface area contributed by atoms with Crippen LogP contribution in [0.15, 0.2) is 49.3 Å². The van der Waals surface area contributed by atoms with E-state index in [1.807, 2.05) is 41.8 Å². The minimum absolute atomic E-state index is 0.131. The molecule has 0 aliphatic rings. The van der Waals surface area contributed by atoms with E-state index < -0.39 is 0 Å². The second-order valence-electron chi connectivity index (χ2n) is 5.83. The first-order valence-electron chi connectivity index (χ1n) is 8.19. The van der Waals surface area contributed by atoms with Gasteiger partial charge in [-0.2, -0.15) is 5.26 Å². The molecule has 1 atom stereocenters. The van der Waals surface area contributed by atoms with Crippen LogP contribution in [-0.2, 0) is 0 Å². The maximum atomic E-state index is 9.34. The fourth-order valence-corrected chi connectivity index (χ4v) is 2.88. The molecule has 27 heavy (non-hydrogen) atoms. The van der Waals surface area contributed by atoms with E-state index in [4.69, 9.17) is 10.7 Å². The molecule has 0 unspecified atom stereocenters. The summed E-state index contributed by atoms with van der Waals surface area (Å²) in [6, 6.07) is 7.46. The first-order chi connectivity index (χ1) is 13.2. The molecule has 0 spiro atoms. The molecule has 4 aromatic rings. The lowest BCUT2D eigenvalue weighted by atomic mass is 10.1. The summed E-state index contributed by atoms with van der Waals surface area (Å²) in [5.74, 6) is 0.492. The standard InChI is InChI=1S/C18H15N9/c1-11(25-18-12(8-19)17(20)23-10-24-18)15-16(13-4-2-3-5-22-13)27-7-6-21-9-14(27)26-15/h2-7,9-11H,1H3,(H3,20,23,24,25)/t11-/m0/s1. The van der Waals surface area contributed by atoms with Crippen LogP contribution in [0.2, 0.25) is 0 Å². The molecule has 4 aromatic heterocycles. The number of fused-ring (bicyclic) bond motifs is 1. The van der Waals surface area contributed by atoms with Gasteiger partial charge in [0.1, 0.15) is 29.6 Å². The first-order valence-corrected chi connectivity index (χ1v) is 8.19. The highest BCUT2D eigenvalue weighted by atomic mass is 15.1. The highest BCUT2D eigenvalue weighted by Crippen LogP contribution is 2.30. The predicted molar refractivity (Wildman–Crippen MR) is 99.4 cm³/mol. The third-order valence-corrected chi connectivity index (χ3v) is 4.12. The molecular formula is C18H15N9. The Morgan fingerprint density at radius 2 is 2.11 bits per heavy atom. The summed E-state index contributed by atoms with van der Waals surface area (Å²) in [6.07, 6.45) is 8.27. The van der Waals surface area contributed by atoms with Crippen LogP contribution in [-0.4, -0.2) is 29.3 Å². The molecule has 0 radical (unpaired) electrons. The van der Waals surface area contributed by atoms with Gasteiger partial charge in [-0.05, 0) is 19.1 Å². The van der Waals surface area contributed by atoms with E-state index in [1.165, 1.54) is 6.33 Å². The van der Waals surface area contributed by atoms with Crippen molar-refractivity contribution in [2.45, 2.75) is 13.0 Å². The van der Waals surface area contributed by atoms with Gasteiger partial charge in [0.15, 0.2) is 5.65 Å². The van der Waals surface area contributed by atoms with E-state index in [1.54, 1.807) is 18.6 Å². The Kier molecular flexibility index (Phi) is 4.06. The summed E-state index contributed by atoms with van der Waals surface area (Å²) >= 11 is 0. The monoisotopic (exact) mass is 357 g/mol. The maximum absolute atomic E-state index is 9.34. The van der Waals surface area contributed by atoms with Gasteiger partial charge in [0.05, 0.1) is 29.3 Å². The van der Waals surface area contributed by atoms with Crippen LogP contribution in [0.3, 0.4) is 0 Å². The Morgan fingerprint density at radius 1 is 1.22 bits per heavy atom. The lowest BCUT2D eigenvalue weighted by Gasteiger charge is -2.15. The number of hydrogen-bond donors (Lipinski definition) is 2. The Labute approximate surface area is 154 Å². The van der Waals surface area contributed by atoms with Crippen molar-refractivity contribution < 1.29 is 0 Å². The zero-order valence-corrected chi connectivity index (χ0v) is 14.4. The molecule has 132 valence electrons. The van der Waals surface area contributed by atoms with Crippen LogP contribution in [0.1, 0.15) is 24.2 Å². The van der Waals surface area contributed by atoms with Crippen molar-refractivity contribution in [3.05, 3.63) is 60.6 Å². The predicted octanol–water partition coefficient (Wildman–Crippen LogP) is 2.21. The second kappa shape index (κ2) is 6.68. The molecule has 4 rings (SSSR count). The van der Waals surface area contributed by atoms with Crippen molar-refractivity contribution in [1.82, 2.24) is 29.3 Å². The van der Waals surface area contributed by atoms with E-state index in [0.29, 0.717) is 11.5 Å². The molecule has 0 saturated carbocycles. The number of imidazole rings is 1. The third kappa shape index (κ3) is 2.89. The SMILES string of the molecule is C[C@H](Nc1ncnc(N)c1C#N)c1nc2cnccn2c1-c1ccccn1. The topological polar surface area (TPSA) is 131 Å². The van der Waals surface area contributed by atoms with Crippen molar-refractivity contribution in [2.24, 2.45) is 0 Å². The van der Waals surface area contributed by atoms with Crippen LogP contribution in [0.5, 0.6) is 0 Å². The van der Waals surface area contributed by atoms with E-state index in [0.717, 1.165) is 17.1 Å². The Balaban J connectivity index is 1.82. The van der Waals surface area contributed by atoms with Gasteiger partial charge in [-0.3, -0.25) is 14.4 Å². The van der Waals surface area contributed by atoms with E-state index in [2.05, 4.69) is 25.3 Å². The molecule has 0 aliphatic heterocycles. The first kappa shape index (κ1) is 16.4. The molecule has 9 nitrogen and oxygen atoms in total. The van der Waals surface area contributed by atoms with Crippen molar-refractivity contribution in [1.29, 1.82) is 5.26 Å². The Morgan fingerprint density at radius 3 is 2.89 bits per heavy atom. The summed E-state index contributed by atoms with van der Waals surface area (Å²) in [4.78, 5) is 21.3. The smallest absolute Gasteiger partial charge is 0.156 e. The number of nitrogens with zero attached hydrogens (tertiary/aromatic N) is 7. The average molecular weight is 357 g/mol. The van der Waals surface area contributed by atoms with E-state index in [-0.39, 0.29) is 17.4 Å². The van der Waals surface area contributed by atoms with Crippen LogP contribution >= 0.6 is 0 Å². The summed E-state index contributed by atoms with van der Waals surface area (Å²) in [7, 11) is 0. The molecule has 0 amide bonds. The number of anilines is 2. The van der Waals surface area contributed by atoms with Crippen molar-refractivity contribution >= 4 is 17.3 Å². The van der Waals surface area contributed by atoms with Crippen molar-refractivity contribution in [3.63, 3.8) is 0 Å². The van der Waals surface area contributed by atoms with Gasteiger partial charge in [-0.15, -0.1) is 0 Å². The summed E-state index contributed by atoms with van der Waals surface area (Å²) in [6.45, 7) is 1.93. The average Bonchev–Trinajstić information content (AvgIpc) is 3.08. The molecule has 0 bridgehead atoms. The summed E-state index contributed by atoms with van der Waals surface area (Å²) in [5.41, 5.74) is 9.05. The van der Waals surface area contributed by atoms with Gasteiger partial charge in [0, 0.05) is 18.6 Å². The minimum atomic E-state index is -0.275. The highest BCUT2D eigenvalue weighted by Gasteiger charge is 2.21. The molecule has 0 saturated heterocycles. The lowest BCUT2D eigenvalue weighted by Crippen LogP contribution is -2.12. The summed E-state index contributed by atoms with van der Waals surface area (Å²) < 4.78 is 1.93. The van der Waals surface area contributed by atoms with Crippen LogP contribution in [0, 0.1) is 11.3 Å². The minimum Gasteiger partial charge on any atom is -0.382 e. The fraction of sp³-hybridized carbons (Fsp3) is 0.111. The van der Waals surface area contributed by atoms with Crippen LogP contribution < -0.4 is 11.1 Å². The van der Waals surface area contributed by atoms with Crippen molar-refractivity contribution in [2.75, 3.05) is 11.1 Å². The van der Waals surface area contributed by atoms with Gasteiger partial charge >= 0.3 is 0 Å². The van der Waals surface area contributed by atoms with Crippen LogP contribution in [0.25, 0.3) is 17.0 Å². The van der Waals surface area contributed by atoms with E-state index in [9.17, 15) is 5.26 Å². The van der Waals surface area contributed by atoms with Gasteiger partial charge in [-0.1, -0.05) is 6.07 Å². The number of rotatable bonds is 4. The molecule has 4 heterocycles. The number of nitriles is 1. The normalized spacial score (nSPS) is 11.9. The van der Waals surface area contributed by atoms with Gasteiger partial charge < -0.3 is 11.1 Å². The van der Waals surface area contributed by atoms with E-state index >= 15 is 0 Å². The molecule has 3 N–H and O–H groups in total. The fourth-order valence-electron chi connectivity index (χ4n) is 2.88. The Bertz CT molecular complexity index is 1140. The zero-order valence-electron chi connectivity index (χ0n) is 14.4. The third-order valence-electron chi connectivity index (χ3n) is 4.12. The quantitative estimate of drug-likeness (QED) is 0.568. The number of aromatic nitrogens is 6. The highest BCUT2D eigenvalue weighted by molar-refractivity contribution is 5.67. The van der Waals surface area contributed by atoms with Gasteiger partial charge in [-0.25, -0.2) is 15.0 Å². The molecule has 0 fully saturated rings. The second-order valence-corrected chi connectivity index (χ2v) is 5.83. The molecule has 9 heteroatoms. The summed E-state index contributed by atoms with van der Waals surface area (Å²) in [5, 5.41) is 12.6. The molecular weight excluding hydrogens is 342 g/mol. The number of pyridine rings is 1. The largest absolute Gasteiger partial charge is 0.382 e. The molecule has 0 aromatic carbocycles. The van der Waals surface area contributed by atoms with Gasteiger partial charge in [0.2, 0.25) is 0 Å². The molecule has 0 aliphatic carbocycles. The Hall–Kier alpha value is -4.06. The number of nitrogens with one attached hydrogen (secondary N) is 1. The lowest BCUT2D eigenvalue weighted by molar-refractivity contribution is 0.842. The maximum Gasteiger partial charge on any atom is 0.156 e. The van der Waals surface area contributed by atoms with Gasteiger partial charge in [0.25, 0.3) is 0 Å². The van der Waals surface area contributed by atoms with Crippen molar-refractivity contribution in [3.8, 4) is 17.5 Å². The number of nitrogen functional groups attached to an aromatic ring is 1. The number of nitrogens with two attached hydrogens (primary N) is 1. The van der Waals surface area contributed by atoms with Crippen LogP contribution in [0.4, 0.5) is 11.6 Å². The number of hydrogen-bond acceptors (Lipinski definition) is 8.